The first-order valence-electron chi connectivity index (χ1n) is 9.45. The molecule has 0 aliphatic rings. The molecule has 9 heteroatoms. The summed E-state index contributed by atoms with van der Waals surface area (Å²) in [4.78, 5) is 17.0. The number of hydrogen-bond donors (Lipinski definition) is 2. The van der Waals surface area contributed by atoms with Crippen molar-refractivity contribution in [2.45, 2.75) is 6.92 Å². The van der Waals surface area contributed by atoms with Gasteiger partial charge in [0.15, 0.2) is 0 Å². The molecule has 0 aliphatic carbocycles. The lowest BCUT2D eigenvalue weighted by Crippen LogP contribution is -2.16. The van der Waals surface area contributed by atoms with Gasteiger partial charge in [-0.3, -0.25) is 19.6 Å². The highest BCUT2D eigenvalue weighted by Crippen LogP contribution is 2.30. The van der Waals surface area contributed by atoms with Gasteiger partial charge in [-0.1, -0.05) is 0 Å². The summed E-state index contributed by atoms with van der Waals surface area (Å²) in [5.74, 6) is -2.79. The molecule has 154 valence electrons. The van der Waals surface area contributed by atoms with Gasteiger partial charge in [-0.15, -0.1) is 0 Å². The molecule has 0 saturated heterocycles. The highest BCUT2D eigenvalue weighted by atomic mass is 19.1. The van der Waals surface area contributed by atoms with Crippen molar-refractivity contribution in [2.24, 2.45) is 7.05 Å². The Morgan fingerprint density at radius 3 is 2.81 bits per heavy atom. The molecule has 5 aromatic rings. The number of carbonyl (C=O) groups is 1. The van der Waals surface area contributed by atoms with E-state index in [4.69, 9.17) is 0 Å². The van der Waals surface area contributed by atoms with Crippen LogP contribution in [-0.4, -0.2) is 30.9 Å². The van der Waals surface area contributed by atoms with Crippen LogP contribution in [0.25, 0.3) is 33.1 Å². The lowest BCUT2D eigenvalue weighted by atomic mass is 10.1. The van der Waals surface area contributed by atoms with Crippen LogP contribution >= 0.6 is 0 Å². The largest absolute Gasteiger partial charge is 0.322 e. The second-order valence-corrected chi connectivity index (χ2v) is 7.17. The molecule has 3 aromatic heterocycles. The zero-order valence-electron chi connectivity index (χ0n) is 16.6. The number of carbonyl (C=O) groups excluding carboxylic acids is 1. The molecule has 3 heterocycles. The Labute approximate surface area is 174 Å². The molecule has 0 radical (unpaired) electrons. The van der Waals surface area contributed by atoms with Crippen LogP contribution in [0.3, 0.4) is 0 Å². The number of nitrogens with zero attached hydrogens (tertiary/aromatic N) is 4. The highest BCUT2D eigenvalue weighted by molar-refractivity contribution is 6.08. The van der Waals surface area contributed by atoms with E-state index in [1.54, 1.807) is 31.4 Å². The quantitative estimate of drug-likeness (QED) is 0.456. The van der Waals surface area contributed by atoms with Crippen molar-refractivity contribution in [1.29, 1.82) is 0 Å². The first-order chi connectivity index (χ1) is 14.9. The minimum absolute atomic E-state index is 0.0775. The first kappa shape index (κ1) is 18.9. The van der Waals surface area contributed by atoms with Crippen molar-refractivity contribution >= 4 is 33.4 Å². The Bertz CT molecular complexity index is 1490. The minimum Gasteiger partial charge on any atom is -0.322 e. The maximum absolute atomic E-state index is 14.9. The van der Waals surface area contributed by atoms with Crippen LogP contribution in [0, 0.1) is 18.6 Å². The third-order valence-corrected chi connectivity index (χ3v) is 5.25. The summed E-state index contributed by atoms with van der Waals surface area (Å²) in [5.41, 5.74) is 3.07. The Morgan fingerprint density at radius 1 is 1.16 bits per heavy atom. The van der Waals surface area contributed by atoms with Gasteiger partial charge in [-0.05, 0) is 37.3 Å². The van der Waals surface area contributed by atoms with Crippen LogP contribution in [0.5, 0.6) is 0 Å². The Balaban J connectivity index is 1.54. The SMILES string of the molecule is Cc1ncccc1-c1n[nH]c2ccc(NC(=O)c3c(F)cc4c(cnn4C)c3F)cc12. The molecule has 0 aliphatic heterocycles. The number of H-pyrrole nitrogens is 1. The normalized spacial score (nSPS) is 11.4. The van der Waals surface area contributed by atoms with Crippen molar-refractivity contribution < 1.29 is 13.6 Å². The number of nitrogens with one attached hydrogen (secondary N) is 2. The van der Waals surface area contributed by atoms with Crippen molar-refractivity contribution in [3.8, 4) is 11.3 Å². The average Bonchev–Trinajstić information content (AvgIpc) is 3.32. The van der Waals surface area contributed by atoms with E-state index in [1.165, 1.54) is 10.9 Å². The fourth-order valence-corrected chi connectivity index (χ4v) is 3.65. The molecule has 0 unspecified atom stereocenters. The van der Waals surface area contributed by atoms with Gasteiger partial charge < -0.3 is 5.32 Å². The molecule has 2 aromatic carbocycles. The molecule has 0 fully saturated rings. The van der Waals surface area contributed by atoms with Crippen molar-refractivity contribution in [3.63, 3.8) is 0 Å². The van der Waals surface area contributed by atoms with E-state index in [2.05, 4.69) is 25.6 Å². The van der Waals surface area contributed by atoms with E-state index in [0.717, 1.165) is 28.2 Å². The standard InChI is InChI=1S/C22H16F2N6O/c1-11-13(4-3-7-25-11)21-14-8-12(5-6-17(14)28-29-21)27-22(31)19-16(23)9-18-15(20(19)24)10-26-30(18)2/h3-10H,1-2H3,(H,27,31)(H,28,29). The lowest BCUT2D eigenvalue weighted by molar-refractivity contribution is 0.101. The van der Waals surface area contributed by atoms with Crippen molar-refractivity contribution in [3.05, 3.63) is 71.7 Å². The number of pyridine rings is 1. The van der Waals surface area contributed by atoms with Crippen molar-refractivity contribution in [1.82, 2.24) is 25.0 Å². The molecule has 2 N–H and O–H groups in total. The molecule has 7 nitrogen and oxygen atoms in total. The van der Waals surface area contributed by atoms with E-state index in [1.807, 2.05) is 19.1 Å². The van der Waals surface area contributed by atoms with Gasteiger partial charge in [0.05, 0.1) is 22.6 Å². The third-order valence-electron chi connectivity index (χ3n) is 5.25. The molecule has 0 spiro atoms. The maximum atomic E-state index is 14.9. The number of hydrogen-bond acceptors (Lipinski definition) is 4. The van der Waals surface area contributed by atoms with E-state index < -0.39 is 23.1 Å². The molecule has 0 saturated carbocycles. The summed E-state index contributed by atoms with van der Waals surface area (Å²) in [5, 5.41) is 14.6. The summed E-state index contributed by atoms with van der Waals surface area (Å²) in [6.07, 6.45) is 2.96. The minimum atomic E-state index is -0.956. The topological polar surface area (TPSA) is 88.5 Å². The Morgan fingerprint density at radius 2 is 2.00 bits per heavy atom. The smallest absolute Gasteiger partial charge is 0.261 e. The molecule has 31 heavy (non-hydrogen) atoms. The monoisotopic (exact) mass is 418 g/mol. The molecule has 5 rings (SSSR count). The zero-order valence-corrected chi connectivity index (χ0v) is 16.6. The van der Waals surface area contributed by atoms with Gasteiger partial charge in [-0.2, -0.15) is 10.2 Å². The average molecular weight is 418 g/mol. The second-order valence-electron chi connectivity index (χ2n) is 7.17. The number of aryl methyl sites for hydroxylation is 2. The van der Waals surface area contributed by atoms with Crippen LogP contribution in [0.15, 0.2) is 48.8 Å². The molecular weight excluding hydrogens is 402 g/mol. The van der Waals surface area contributed by atoms with Crippen LogP contribution in [-0.2, 0) is 7.05 Å². The highest BCUT2D eigenvalue weighted by Gasteiger charge is 2.22. The molecule has 0 atom stereocenters. The zero-order chi connectivity index (χ0) is 21.7. The van der Waals surface area contributed by atoms with Crippen molar-refractivity contribution in [2.75, 3.05) is 5.32 Å². The van der Waals surface area contributed by atoms with Gasteiger partial charge >= 0.3 is 0 Å². The number of aromatic nitrogens is 5. The van der Waals surface area contributed by atoms with Gasteiger partial charge in [0.2, 0.25) is 0 Å². The third kappa shape index (κ3) is 3.02. The van der Waals surface area contributed by atoms with E-state index in [-0.39, 0.29) is 10.9 Å². The fraction of sp³-hybridized carbons (Fsp3) is 0.0909. The van der Waals surface area contributed by atoms with Gasteiger partial charge in [0.1, 0.15) is 22.9 Å². The number of benzene rings is 2. The summed E-state index contributed by atoms with van der Waals surface area (Å²) in [6, 6.07) is 9.90. The fourth-order valence-electron chi connectivity index (χ4n) is 3.65. The maximum Gasteiger partial charge on any atom is 0.261 e. The number of rotatable bonds is 3. The number of aromatic amines is 1. The number of fused-ring (bicyclic) bond motifs is 2. The van der Waals surface area contributed by atoms with E-state index in [9.17, 15) is 13.6 Å². The predicted molar refractivity (Wildman–Crippen MR) is 113 cm³/mol. The van der Waals surface area contributed by atoms with Gasteiger partial charge in [0, 0.05) is 41.6 Å². The lowest BCUT2D eigenvalue weighted by Gasteiger charge is -2.09. The van der Waals surface area contributed by atoms with E-state index in [0.29, 0.717) is 11.4 Å². The number of amides is 1. The predicted octanol–water partition coefficient (Wildman–Crippen LogP) is 4.35. The number of halogens is 2. The van der Waals surface area contributed by atoms with E-state index >= 15 is 0 Å². The number of anilines is 1. The Kier molecular flexibility index (Phi) is 4.25. The van der Waals surface area contributed by atoms with Crippen LogP contribution in [0.1, 0.15) is 16.1 Å². The van der Waals surface area contributed by atoms with Gasteiger partial charge in [-0.25, -0.2) is 8.78 Å². The first-order valence-corrected chi connectivity index (χ1v) is 9.45. The van der Waals surface area contributed by atoms with Crippen LogP contribution < -0.4 is 5.32 Å². The van der Waals surface area contributed by atoms with Crippen LogP contribution in [0.2, 0.25) is 0 Å². The molecular formula is C22H16F2N6O. The van der Waals surface area contributed by atoms with Gasteiger partial charge in [0.25, 0.3) is 5.91 Å². The molecule has 1 amide bonds. The summed E-state index contributed by atoms with van der Waals surface area (Å²) >= 11 is 0. The van der Waals surface area contributed by atoms with Crippen LogP contribution in [0.4, 0.5) is 14.5 Å². The summed E-state index contributed by atoms with van der Waals surface area (Å²) < 4.78 is 30.8. The second kappa shape index (κ2) is 6.98. The summed E-state index contributed by atoms with van der Waals surface area (Å²) in [7, 11) is 1.57. The summed E-state index contributed by atoms with van der Waals surface area (Å²) in [6.45, 7) is 1.88. The molecule has 0 bridgehead atoms. The Hall–Kier alpha value is -4.14.